The maximum Gasteiger partial charge on any atom is 0.264 e. The minimum Gasteiger partial charge on any atom is -0.354 e. The second-order valence-corrected chi connectivity index (χ2v) is 11.7. The first-order valence-corrected chi connectivity index (χ1v) is 14.5. The lowest BCUT2D eigenvalue weighted by Crippen LogP contribution is -2.51. The molecule has 0 saturated heterocycles. The number of benzene rings is 3. The number of anilines is 1. The second-order valence-electron chi connectivity index (χ2n) is 8.54. The maximum absolute atomic E-state index is 13.8. The first kappa shape index (κ1) is 29.8. The van der Waals surface area contributed by atoms with Gasteiger partial charge in [-0.25, -0.2) is 8.42 Å². The predicted molar refractivity (Wildman–Crippen MR) is 152 cm³/mol. The standard InChI is InChI=1S/C27H28Cl3N3O4S/c1-3-14-31-27(35)19(2)32(17-20-8-7-9-21(28)15-20)26(34)18-33(22-12-13-24(29)25(30)16-22)38(36,37)23-10-5-4-6-11-23/h4-13,15-16,19H,3,14,17-18H2,1-2H3,(H,31,35)/t19-/m1/s1. The van der Waals surface area contributed by atoms with Crippen LogP contribution in [0.25, 0.3) is 0 Å². The molecule has 0 aliphatic heterocycles. The van der Waals surface area contributed by atoms with Crippen LogP contribution in [-0.2, 0) is 26.2 Å². The third-order valence-corrected chi connectivity index (χ3v) is 8.52. The van der Waals surface area contributed by atoms with Gasteiger partial charge in [-0.3, -0.25) is 13.9 Å². The van der Waals surface area contributed by atoms with E-state index in [0.717, 1.165) is 10.7 Å². The SMILES string of the molecule is CCCNC(=O)[C@@H](C)N(Cc1cccc(Cl)c1)C(=O)CN(c1ccc(Cl)c(Cl)c1)S(=O)(=O)c1ccccc1. The van der Waals surface area contributed by atoms with Crippen molar-refractivity contribution in [2.45, 2.75) is 37.8 Å². The van der Waals surface area contributed by atoms with E-state index >= 15 is 0 Å². The number of hydrogen-bond donors (Lipinski definition) is 1. The van der Waals surface area contributed by atoms with Gasteiger partial charge in [-0.2, -0.15) is 0 Å². The highest BCUT2D eigenvalue weighted by Gasteiger charge is 2.32. The smallest absolute Gasteiger partial charge is 0.264 e. The van der Waals surface area contributed by atoms with Crippen molar-refractivity contribution in [3.8, 4) is 0 Å². The van der Waals surface area contributed by atoms with E-state index in [-0.39, 0.29) is 33.1 Å². The predicted octanol–water partition coefficient (Wildman–Crippen LogP) is 5.79. The van der Waals surface area contributed by atoms with E-state index in [0.29, 0.717) is 17.1 Å². The van der Waals surface area contributed by atoms with Gasteiger partial charge in [0.1, 0.15) is 12.6 Å². The third kappa shape index (κ3) is 7.41. The highest BCUT2D eigenvalue weighted by Crippen LogP contribution is 2.31. The molecule has 202 valence electrons. The molecule has 38 heavy (non-hydrogen) atoms. The van der Waals surface area contributed by atoms with E-state index < -0.39 is 28.5 Å². The number of rotatable bonds is 11. The van der Waals surface area contributed by atoms with Crippen molar-refractivity contribution in [3.63, 3.8) is 0 Å². The number of carbonyl (C=O) groups excluding carboxylic acids is 2. The zero-order chi connectivity index (χ0) is 27.9. The molecule has 0 radical (unpaired) electrons. The number of halogens is 3. The summed E-state index contributed by atoms with van der Waals surface area (Å²) in [4.78, 5) is 28.0. The normalized spacial score (nSPS) is 12.0. The van der Waals surface area contributed by atoms with Gasteiger partial charge >= 0.3 is 0 Å². The van der Waals surface area contributed by atoms with Crippen LogP contribution in [0.3, 0.4) is 0 Å². The van der Waals surface area contributed by atoms with E-state index in [1.165, 1.54) is 35.2 Å². The van der Waals surface area contributed by atoms with Crippen molar-refractivity contribution >= 4 is 62.3 Å². The summed E-state index contributed by atoms with van der Waals surface area (Å²) in [5.74, 6) is -0.941. The number of sulfonamides is 1. The fraction of sp³-hybridized carbons (Fsp3) is 0.259. The van der Waals surface area contributed by atoms with Gasteiger partial charge in [0.2, 0.25) is 11.8 Å². The molecular formula is C27H28Cl3N3O4S. The van der Waals surface area contributed by atoms with Crippen molar-refractivity contribution in [2.75, 3.05) is 17.4 Å². The number of nitrogens with zero attached hydrogens (tertiary/aromatic N) is 2. The Morgan fingerprint density at radius 3 is 2.26 bits per heavy atom. The Bertz CT molecular complexity index is 1390. The summed E-state index contributed by atoms with van der Waals surface area (Å²) in [6.07, 6.45) is 0.723. The van der Waals surface area contributed by atoms with Crippen molar-refractivity contribution in [2.24, 2.45) is 0 Å². The molecule has 3 aromatic rings. The fourth-order valence-electron chi connectivity index (χ4n) is 3.70. The van der Waals surface area contributed by atoms with Gasteiger partial charge < -0.3 is 10.2 Å². The first-order chi connectivity index (χ1) is 18.0. The van der Waals surface area contributed by atoms with Gasteiger partial charge in [0.05, 0.1) is 20.6 Å². The molecule has 1 atom stereocenters. The van der Waals surface area contributed by atoms with E-state index in [2.05, 4.69) is 5.32 Å². The van der Waals surface area contributed by atoms with Crippen LogP contribution in [0.2, 0.25) is 15.1 Å². The summed E-state index contributed by atoms with van der Waals surface area (Å²) in [6, 6.07) is 18.1. The van der Waals surface area contributed by atoms with Gasteiger partial charge in [0, 0.05) is 18.1 Å². The Kier molecular flexibility index (Phi) is 10.4. The summed E-state index contributed by atoms with van der Waals surface area (Å²) in [5, 5.41) is 3.64. The summed E-state index contributed by atoms with van der Waals surface area (Å²) >= 11 is 18.4. The van der Waals surface area contributed by atoms with E-state index in [1.807, 2.05) is 6.92 Å². The minimum atomic E-state index is -4.19. The molecule has 3 aromatic carbocycles. The van der Waals surface area contributed by atoms with Crippen molar-refractivity contribution in [1.29, 1.82) is 0 Å². The quantitative estimate of drug-likeness (QED) is 0.304. The summed E-state index contributed by atoms with van der Waals surface area (Å²) in [5.41, 5.74) is 0.843. The molecule has 1 N–H and O–H groups in total. The van der Waals surface area contributed by atoms with Crippen LogP contribution >= 0.6 is 34.8 Å². The van der Waals surface area contributed by atoms with Crippen LogP contribution < -0.4 is 9.62 Å². The van der Waals surface area contributed by atoms with Crippen LogP contribution in [0, 0.1) is 0 Å². The van der Waals surface area contributed by atoms with Crippen molar-refractivity contribution in [1.82, 2.24) is 10.2 Å². The number of hydrogen-bond acceptors (Lipinski definition) is 4. The Labute approximate surface area is 238 Å². The molecule has 0 heterocycles. The number of nitrogens with one attached hydrogen (secondary N) is 1. The summed E-state index contributed by atoms with van der Waals surface area (Å²) in [6.45, 7) is 3.42. The molecule has 0 unspecified atom stereocenters. The van der Waals surface area contributed by atoms with Gasteiger partial charge in [-0.05, 0) is 61.4 Å². The maximum atomic E-state index is 13.8. The summed E-state index contributed by atoms with van der Waals surface area (Å²) < 4.78 is 28.4. The Balaban J connectivity index is 2.03. The largest absolute Gasteiger partial charge is 0.354 e. The van der Waals surface area contributed by atoms with Crippen LogP contribution in [0.4, 0.5) is 5.69 Å². The molecular weight excluding hydrogens is 569 g/mol. The van der Waals surface area contributed by atoms with Gasteiger partial charge in [0.15, 0.2) is 0 Å². The van der Waals surface area contributed by atoms with E-state index in [1.54, 1.807) is 49.4 Å². The monoisotopic (exact) mass is 595 g/mol. The molecule has 0 aliphatic carbocycles. The molecule has 0 aliphatic rings. The number of amides is 2. The van der Waals surface area contributed by atoms with Crippen LogP contribution in [0.15, 0.2) is 77.7 Å². The van der Waals surface area contributed by atoms with Crippen molar-refractivity contribution in [3.05, 3.63) is 93.4 Å². The minimum absolute atomic E-state index is 0.00555. The van der Waals surface area contributed by atoms with Crippen LogP contribution in [0.5, 0.6) is 0 Å². The van der Waals surface area contributed by atoms with Gasteiger partial charge in [-0.15, -0.1) is 0 Å². The molecule has 0 aromatic heterocycles. The molecule has 7 nitrogen and oxygen atoms in total. The molecule has 0 fully saturated rings. The zero-order valence-electron chi connectivity index (χ0n) is 20.9. The van der Waals surface area contributed by atoms with Crippen LogP contribution in [0.1, 0.15) is 25.8 Å². The fourth-order valence-corrected chi connectivity index (χ4v) is 5.63. The van der Waals surface area contributed by atoms with Crippen LogP contribution in [-0.4, -0.2) is 44.3 Å². The molecule has 0 spiro atoms. The highest BCUT2D eigenvalue weighted by molar-refractivity contribution is 7.92. The second kappa shape index (κ2) is 13.3. The number of carbonyl (C=O) groups is 2. The van der Waals surface area contributed by atoms with Crippen molar-refractivity contribution < 1.29 is 18.0 Å². The third-order valence-electron chi connectivity index (χ3n) is 5.76. The highest BCUT2D eigenvalue weighted by atomic mass is 35.5. The first-order valence-electron chi connectivity index (χ1n) is 11.9. The average Bonchev–Trinajstić information content (AvgIpc) is 2.90. The lowest BCUT2D eigenvalue weighted by atomic mass is 10.1. The average molecular weight is 597 g/mol. The van der Waals surface area contributed by atoms with E-state index in [9.17, 15) is 18.0 Å². The molecule has 3 rings (SSSR count). The summed E-state index contributed by atoms with van der Waals surface area (Å²) in [7, 11) is -4.19. The Morgan fingerprint density at radius 1 is 0.921 bits per heavy atom. The molecule has 11 heteroatoms. The van der Waals surface area contributed by atoms with E-state index in [4.69, 9.17) is 34.8 Å². The zero-order valence-corrected chi connectivity index (χ0v) is 24.0. The molecule has 0 bridgehead atoms. The Morgan fingerprint density at radius 2 is 1.63 bits per heavy atom. The Hall–Kier alpha value is -2.78. The molecule has 0 saturated carbocycles. The lowest BCUT2D eigenvalue weighted by Gasteiger charge is -2.32. The molecule has 2 amide bonds. The lowest BCUT2D eigenvalue weighted by molar-refractivity contribution is -0.139. The van der Waals surface area contributed by atoms with Gasteiger partial charge in [0.25, 0.3) is 10.0 Å². The topological polar surface area (TPSA) is 86.8 Å². The van der Waals surface area contributed by atoms with Gasteiger partial charge in [-0.1, -0.05) is 72.1 Å².